The van der Waals surface area contributed by atoms with E-state index in [9.17, 15) is 0 Å². The van der Waals surface area contributed by atoms with Crippen LogP contribution in [0.3, 0.4) is 0 Å². The molecule has 0 aliphatic heterocycles. The van der Waals surface area contributed by atoms with Crippen molar-refractivity contribution in [1.82, 2.24) is 5.32 Å². The summed E-state index contributed by atoms with van der Waals surface area (Å²) in [5, 5.41) is 6.07. The molecule has 0 aromatic carbocycles. The molecule has 4 atom stereocenters. The van der Waals surface area contributed by atoms with Crippen LogP contribution in [0.5, 0.6) is 0 Å². The van der Waals surface area contributed by atoms with Gasteiger partial charge in [-0.3, -0.25) is 0 Å². The van der Waals surface area contributed by atoms with Crippen molar-refractivity contribution < 1.29 is 0 Å². The number of rotatable bonds is 4. The van der Waals surface area contributed by atoms with Gasteiger partial charge < -0.3 is 5.32 Å². The molecule has 1 aliphatic carbocycles. The Morgan fingerprint density at radius 3 is 2.67 bits per heavy atom. The van der Waals surface area contributed by atoms with Crippen molar-refractivity contribution in [3.05, 3.63) is 22.4 Å². The first-order chi connectivity index (χ1) is 8.58. The summed E-state index contributed by atoms with van der Waals surface area (Å²) in [7, 11) is 0. The smallest absolute Gasteiger partial charge is 0.0388 e. The Bertz CT molecular complexity index is 344. The van der Waals surface area contributed by atoms with Gasteiger partial charge in [-0.15, -0.1) is 11.3 Å². The Hall–Kier alpha value is -0.340. The summed E-state index contributed by atoms with van der Waals surface area (Å²) in [6.45, 7) is 9.47. The van der Waals surface area contributed by atoms with E-state index in [-0.39, 0.29) is 0 Å². The first-order valence-electron chi connectivity index (χ1n) is 7.37. The molecular weight excluding hydrogens is 238 g/mol. The van der Waals surface area contributed by atoms with Crippen molar-refractivity contribution >= 4 is 11.3 Å². The molecule has 3 unspecified atom stereocenters. The third-order valence-corrected chi connectivity index (χ3v) is 5.51. The average Bonchev–Trinajstić information content (AvgIpc) is 2.81. The molecule has 1 nitrogen and oxygen atoms in total. The van der Waals surface area contributed by atoms with E-state index in [2.05, 4.69) is 50.5 Å². The van der Waals surface area contributed by atoms with Gasteiger partial charge in [-0.2, -0.15) is 0 Å². The maximum atomic E-state index is 3.89. The van der Waals surface area contributed by atoms with Gasteiger partial charge in [0.25, 0.3) is 0 Å². The molecule has 1 heterocycles. The second kappa shape index (κ2) is 6.21. The Kier molecular flexibility index (Phi) is 4.85. The third kappa shape index (κ3) is 3.36. The van der Waals surface area contributed by atoms with Crippen LogP contribution in [0.2, 0.25) is 0 Å². The summed E-state index contributed by atoms with van der Waals surface area (Å²) in [6.07, 6.45) is 4.15. The second-order valence-corrected chi connectivity index (χ2v) is 7.32. The molecule has 2 rings (SSSR count). The van der Waals surface area contributed by atoms with E-state index < -0.39 is 0 Å². The van der Waals surface area contributed by atoms with E-state index in [0.717, 1.165) is 17.8 Å². The highest BCUT2D eigenvalue weighted by Crippen LogP contribution is 2.35. The van der Waals surface area contributed by atoms with E-state index in [1.165, 1.54) is 24.1 Å². The van der Waals surface area contributed by atoms with Gasteiger partial charge in [-0.05, 0) is 49.0 Å². The minimum absolute atomic E-state index is 0.501. The lowest BCUT2D eigenvalue weighted by molar-refractivity contribution is 0.161. The average molecular weight is 265 g/mol. The molecule has 1 fully saturated rings. The highest BCUT2D eigenvalue weighted by molar-refractivity contribution is 7.10. The van der Waals surface area contributed by atoms with Crippen molar-refractivity contribution in [3.63, 3.8) is 0 Å². The molecule has 18 heavy (non-hydrogen) atoms. The first-order valence-corrected chi connectivity index (χ1v) is 8.25. The Morgan fingerprint density at radius 1 is 1.28 bits per heavy atom. The number of nitrogens with one attached hydrogen (secondary N) is 1. The molecule has 2 heteroatoms. The molecule has 1 saturated carbocycles. The molecule has 0 bridgehead atoms. The quantitative estimate of drug-likeness (QED) is 0.820. The molecular formula is C16H27NS. The van der Waals surface area contributed by atoms with Gasteiger partial charge in [0.1, 0.15) is 0 Å². The van der Waals surface area contributed by atoms with Crippen molar-refractivity contribution in [2.45, 2.75) is 59.0 Å². The second-order valence-electron chi connectivity index (χ2n) is 6.34. The fraction of sp³-hybridized carbons (Fsp3) is 0.750. The first kappa shape index (κ1) is 14.1. The molecule has 1 N–H and O–H groups in total. The van der Waals surface area contributed by atoms with Gasteiger partial charge in [0.2, 0.25) is 0 Å². The van der Waals surface area contributed by atoms with Crippen molar-refractivity contribution in [3.8, 4) is 0 Å². The van der Waals surface area contributed by atoms with Gasteiger partial charge >= 0.3 is 0 Å². The van der Waals surface area contributed by atoms with Gasteiger partial charge in [-0.1, -0.05) is 33.3 Å². The molecule has 0 amide bonds. The zero-order valence-electron chi connectivity index (χ0n) is 12.1. The number of thiophene rings is 1. The summed E-state index contributed by atoms with van der Waals surface area (Å²) in [4.78, 5) is 1.47. The molecule has 1 aromatic heterocycles. The number of hydrogen-bond donors (Lipinski definition) is 1. The number of hydrogen-bond acceptors (Lipinski definition) is 2. The molecule has 0 radical (unpaired) electrons. The SMILES string of the molecule is CC1CCC(C(C)C)C(N[C@@H](C)c2cccs2)C1. The van der Waals surface area contributed by atoms with Crippen LogP contribution in [0.15, 0.2) is 17.5 Å². The topological polar surface area (TPSA) is 12.0 Å². The lowest BCUT2D eigenvalue weighted by atomic mass is 9.74. The Labute approximate surface area is 116 Å². The largest absolute Gasteiger partial charge is 0.306 e. The Morgan fingerprint density at radius 2 is 2.06 bits per heavy atom. The van der Waals surface area contributed by atoms with Crippen molar-refractivity contribution in [2.24, 2.45) is 17.8 Å². The zero-order chi connectivity index (χ0) is 13.1. The fourth-order valence-electron chi connectivity index (χ4n) is 3.33. The molecule has 1 aromatic rings. The molecule has 0 spiro atoms. The van der Waals surface area contributed by atoms with E-state index in [1.807, 2.05) is 11.3 Å². The van der Waals surface area contributed by atoms with Crippen LogP contribution >= 0.6 is 11.3 Å². The minimum atomic E-state index is 0.501. The monoisotopic (exact) mass is 265 g/mol. The van der Waals surface area contributed by atoms with E-state index in [0.29, 0.717) is 12.1 Å². The van der Waals surface area contributed by atoms with Gasteiger partial charge in [0.05, 0.1) is 0 Å². The van der Waals surface area contributed by atoms with Crippen LogP contribution in [0.25, 0.3) is 0 Å². The summed E-state index contributed by atoms with van der Waals surface area (Å²) < 4.78 is 0. The van der Waals surface area contributed by atoms with E-state index >= 15 is 0 Å². The van der Waals surface area contributed by atoms with Crippen LogP contribution < -0.4 is 5.32 Å². The predicted octanol–water partition coefficient (Wildman–Crippen LogP) is 4.86. The minimum Gasteiger partial charge on any atom is -0.306 e. The van der Waals surface area contributed by atoms with Gasteiger partial charge in [-0.25, -0.2) is 0 Å². The third-order valence-electron chi connectivity index (χ3n) is 4.46. The normalized spacial score (nSPS) is 30.6. The van der Waals surface area contributed by atoms with Gasteiger partial charge in [0, 0.05) is 17.0 Å². The maximum absolute atomic E-state index is 3.89. The van der Waals surface area contributed by atoms with Crippen LogP contribution in [-0.4, -0.2) is 6.04 Å². The summed E-state index contributed by atoms with van der Waals surface area (Å²) >= 11 is 1.87. The lowest BCUT2D eigenvalue weighted by Crippen LogP contribution is -2.43. The molecule has 102 valence electrons. The van der Waals surface area contributed by atoms with Crippen LogP contribution in [-0.2, 0) is 0 Å². The van der Waals surface area contributed by atoms with E-state index in [1.54, 1.807) is 0 Å². The highest BCUT2D eigenvalue weighted by Gasteiger charge is 2.31. The lowest BCUT2D eigenvalue weighted by Gasteiger charge is -2.39. The highest BCUT2D eigenvalue weighted by atomic mass is 32.1. The van der Waals surface area contributed by atoms with Crippen molar-refractivity contribution in [2.75, 3.05) is 0 Å². The predicted molar refractivity (Wildman–Crippen MR) is 81.0 cm³/mol. The Balaban J connectivity index is 2.00. The van der Waals surface area contributed by atoms with Gasteiger partial charge in [0.15, 0.2) is 0 Å². The summed E-state index contributed by atoms with van der Waals surface area (Å²) in [5.74, 6) is 2.53. The van der Waals surface area contributed by atoms with Crippen molar-refractivity contribution in [1.29, 1.82) is 0 Å². The standard InChI is InChI=1S/C16H27NS/c1-11(2)14-8-7-12(3)10-15(14)17-13(4)16-6-5-9-18-16/h5-6,9,11-15,17H,7-8,10H2,1-4H3/t12?,13-,14?,15?/m0/s1. The van der Waals surface area contributed by atoms with Crippen LogP contribution in [0.1, 0.15) is 57.9 Å². The maximum Gasteiger partial charge on any atom is 0.0388 e. The molecule has 1 aliphatic rings. The van der Waals surface area contributed by atoms with Crippen LogP contribution in [0, 0.1) is 17.8 Å². The van der Waals surface area contributed by atoms with E-state index in [4.69, 9.17) is 0 Å². The zero-order valence-corrected chi connectivity index (χ0v) is 13.0. The van der Waals surface area contributed by atoms with Crippen LogP contribution in [0.4, 0.5) is 0 Å². The molecule has 0 saturated heterocycles. The summed E-state index contributed by atoms with van der Waals surface area (Å²) in [6, 6.07) is 5.60. The fourth-order valence-corrected chi connectivity index (χ4v) is 4.08. The summed E-state index contributed by atoms with van der Waals surface area (Å²) in [5.41, 5.74) is 0.